The fourth-order valence-corrected chi connectivity index (χ4v) is 1.42. The molecule has 0 saturated carbocycles. The molecular weight excluding hydrogens is 170 g/mol. The van der Waals surface area contributed by atoms with Crippen LogP contribution < -0.4 is 4.90 Å². The van der Waals surface area contributed by atoms with E-state index >= 15 is 0 Å². The summed E-state index contributed by atoms with van der Waals surface area (Å²) >= 11 is 0. The molecule has 1 fully saturated rings. The van der Waals surface area contributed by atoms with Crippen molar-refractivity contribution in [2.75, 3.05) is 18.0 Å². The second-order valence-corrected chi connectivity index (χ2v) is 3.31. The molecule has 13 heavy (non-hydrogen) atoms. The number of rotatable bonds is 2. The van der Waals surface area contributed by atoms with Crippen molar-refractivity contribution >= 4 is 11.7 Å². The SMILES string of the molecule is Cn1cc(N2CC(C(=O)O)C2)cn1. The van der Waals surface area contributed by atoms with E-state index in [4.69, 9.17) is 5.11 Å². The summed E-state index contributed by atoms with van der Waals surface area (Å²) in [5.41, 5.74) is 1.00. The van der Waals surface area contributed by atoms with Crippen LogP contribution >= 0.6 is 0 Å². The predicted octanol–water partition coefficient (Wildman–Crippen LogP) is -0.0591. The summed E-state index contributed by atoms with van der Waals surface area (Å²) in [6.07, 6.45) is 3.64. The highest BCUT2D eigenvalue weighted by atomic mass is 16.4. The van der Waals surface area contributed by atoms with Crippen LogP contribution in [0.5, 0.6) is 0 Å². The second-order valence-electron chi connectivity index (χ2n) is 3.31. The minimum atomic E-state index is -0.708. The van der Waals surface area contributed by atoms with Gasteiger partial charge in [-0.3, -0.25) is 9.48 Å². The average molecular weight is 181 g/mol. The number of anilines is 1. The molecule has 5 heteroatoms. The highest BCUT2D eigenvalue weighted by Crippen LogP contribution is 2.23. The Labute approximate surface area is 75.6 Å². The number of nitrogens with zero attached hydrogens (tertiary/aromatic N) is 3. The van der Waals surface area contributed by atoms with Crippen molar-refractivity contribution < 1.29 is 9.90 Å². The van der Waals surface area contributed by atoms with Gasteiger partial charge in [-0.1, -0.05) is 0 Å². The lowest BCUT2D eigenvalue weighted by Gasteiger charge is -2.37. The van der Waals surface area contributed by atoms with Crippen LogP contribution in [0.25, 0.3) is 0 Å². The molecule has 70 valence electrons. The molecule has 1 aliphatic heterocycles. The Morgan fingerprint density at radius 3 is 2.85 bits per heavy atom. The average Bonchev–Trinajstić information content (AvgIpc) is 2.31. The summed E-state index contributed by atoms with van der Waals surface area (Å²) < 4.78 is 1.71. The van der Waals surface area contributed by atoms with E-state index in [9.17, 15) is 4.79 Å². The van der Waals surface area contributed by atoms with E-state index in [0.717, 1.165) is 5.69 Å². The summed E-state index contributed by atoms with van der Waals surface area (Å²) in [7, 11) is 1.85. The number of hydrogen-bond donors (Lipinski definition) is 1. The molecule has 0 bridgehead atoms. The van der Waals surface area contributed by atoms with Crippen molar-refractivity contribution in [3.05, 3.63) is 12.4 Å². The van der Waals surface area contributed by atoms with Gasteiger partial charge in [0.1, 0.15) is 0 Å². The maximum absolute atomic E-state index is 10.5. The lowest BCUT2D eigenvalue weighted by atomic mass is 10.0. The number of aromatic nitrogens is 2. The summed E-state index contributed by atoms with van der Waals surface area (Å²) in [6, 6.07) is 0. The van der Waals surface area contributed by atoms with Crippen molar-refractivity contribution in [2.45, 2.75) is 0 Å². The Kier molecular flexibility index (Phi) is 1.72. The van der Waals surface area contributed by atoms with Crippen LogP contribution in [0.4, 0.5) is 5.69 Å². The number of carboxylic acids is 1. The van der Waals surface area contributed by atoms with Gasteiger partial charge in [-0.25, -0.2) is 0 Å². The second kappa shape index (κ2) is 2.76. The topological polar surface area (TPSA) is 58.4 Å². The van der Waals surface area contributed by atoms with Gasteiger partial charge in [-0.05, 0) is 0 Å². The fraction of sp³-hybridized carbons (Fsp3) is 0.500. The fourth-order valence-electron chi connectivity index (χ4n) is 1.42. The van der Waals surface area contributed by atoms with Crippen molar-refractivity contribution in [1.29, 1.82) is 0 Å². The molecule has 5 nitrogen and oxygen atoms in total. The van der Waals surface area contributed by atoms with Gasteiger partial charge in [0.15, 0.2) is 0 Å². The van der Waals surface area contributed by atoms with Crippen LogP contribution in [-0.4, -0.2) is 33.9 Å². The van der Waals surface area contributed by atoms with Gasteiger partial charge < -0.3 is 10.0 Å². The molecule has 2 heterocycles. The van der Waals surface area contributed by atoms with E-state index in [1.165, 1.54) is 0 Å². The van der Waals surface area contributed by atoms with Crippen molar-refractivity contribution in [3.63, 3.8) is 0 Å². The van der Waals surface area contributed by atoms with Crippen LogP contribution in [0.2, 0.25) is 0 Å². The molecule has 1 aliphatic rings. The van der Waals surface area contributed by atoms with Crippen LogP contribution in [0.3, 0.4) is 0 Å². The third-order valence-electron chi connectivity index (χ3n) is 2.29. The zero-order chi connectivity index (χ0) is 9.42. The largest absolute Gasteiger partial charge is 0.481 e. The van der Waals surface area contributed by atoms with Gasteiger partial charge in [0.2, 0.25) is 0 Å². The number of aryl methyl sites for hydroxylation is 1. The molecule has 1 N–H and O–H groups in total. The molecule has 0 spiro atoms. The molecule has 1 aromatic heterocycles. The third-order valence-corrected chi connectivity index (χ3v) is 2.29. The predicted molar refractivity (Wildman–Crippen MR) is 46.5 cm³/mol. The third kappa shape index (κ3) is 1.37. The Morgan fingerprint density at radius 2 is 2.38 bits per heavy atom. The smallest absolute Gasteiger partial charge is 0.310 e. The first-order valence-corrected chi connectivity index (χ1v) is 4.13. The highest BCUT2D eigenvalue weighted by molar-refractivity contribution is 5.74. The van der Waals surface area contributed by atoms with E-state index < -0.39 is 5.97 Å². The maximum Gasteiger partial charge on any atom is 0.310 e. The Bertz CT molecular complexity index is 328. The number of aliphatic carboxylic acids is 1. The summed E-state index contributed by atoms with van der Waals surface area (Å²) in [4.78, 5) is 12.5. The zero-order valence-corrected chi connectivity index (χ0v) is 7.34. The summed E-state index contributed by atoms with van der Waals surface area (Å²) in [5, 5.41) is 12.7. The molecule has 0 unspecified atom stereocenters. The van der Waals surface area contributed by atoms with Crippen LogP contribution in [-0.2, 0) is 11.8 Å². The minimum Gasteiger partial charge on any atom is -0.481 e. The normalized spacial score (nSPS) is 17.2. The molecule has 1 aromatic rings. The van der Waals surface area contributed by atoms with Gasteiger partial charge in [-0.2, -0.15) is 5.10 Å². The van der Waals surface area contributed by atoms with Crippen molar-refractivity contribution in [1.82, 2.24) is 9.78 Å². The van der Waals surface area contributed by atoms with E-state index in [1.807, 2.05) is 18.1 Å². The molecule has 0 radical (unpaired) electrons. The lowest BCUT2D eigenvalue weighted by molar-refractivity contribution is -0.142. The maximum atomic E-state index is 10.5. The number of hydrogen-bond acceptors (Lipinski definition) is 3. The van der Waals surface area contributed by atoms with Gasteiger partial charge in [-0.15, -0.1) is 0 Å². The summed E-state index contributed by atoms with van der Waals surface area (Å²) in [6.45, 7) is 1.20. The quantitative estimate of drug-likeness (QED) is 0.694. The Morgan fingerprint density at radius 1 is 1.69 bits per heavy atom. The number of carbonyl (C=O) groups is 1. The van der Waals surface area contributed by atoms with Crippen LogP contribution in [0, 0.1) is 5.92 Å². The van der Waals surface area contributed by atoms with Gasteiger partial charge in [0.05, 0.1) is 17.8 Å². The van der Waals surface area contributed by atoms with Crippen LogP contribution in [0.15, 0.2) is 12.4 Å². The Hall–Kier alpha value is -1.52. The molecule has 0 atom stereocenters. The molecular formula is C8H11N3O2. The van der Waals surface area contributed by atoms with Gasteiger partial charge in [0.25, 0.3) is 0 Å². The Balaban J connectivity index is 1.97. The van der Waals surface area contributed by atoms with E-state index in [2.05, 4.69) is 5.10 Å². The monoisotopic (exact) mass is 181 g/mol. The van der Waals surface area contributed by atoms with E-state index in [1.54, 1.807) is 10.9 Å². The van der Waals surface area contributed by atoms with Gasteiger partial charge >= 0.3 is 5.97 Å². The molecule has 1 saturated heterocycles. The standard InChI is InChI=1S/C8H11N3O2/c1-10-5-7(2-9-10)11-3-6(4-11)8(12)13/h2,5-6H,3-4H2,1H3,(H,12,13). The highest BCUT2D eigenvalue weighted by Gasteiger charge is 2.32. The van der Waals surface area contributed by atoms with E-state index in [-0.39, 0.29) is 5.92 Å². The first-order valence-electron chi connectivity index (χ1n) is 4.13. The minimum absolute atomic E-state index is 0.208. The van der Waals surface area contributed by atoms with Crippen molar-refractivity contribution in [2.24, 2.45) is 13.0 Å². The van der Waals surface area contributed by atoms with Gasteiger partial charge in [0, 0.05) is 26.3 Å². The molecule has 0 amide bonds. The first kappa shape index (κ1) is 8.10. The van der Waals surface area contributed by atoms with Crippen LogP contribution in [0.1, 0.15) is 0 Å². The molecule has 0 aromatic carbocycles. The summed E-state index contributed by atoms with van der Waals surface area (Å²) in [5.74, 6) is -0.916. The molecule has 0 aliphatic carbocycles. The van der Waals surface area contributed by atoms with E-state index in [0.29, 0.717) is 13.1 Å². The number of carboxylic acid groups (broad SMARTS) is 1. The van der Waals surface area contributed by atoms with Crippen molar-refractivity contribution in [3.8, 4) is 0 Å². The lowest BCUT2D eigenvalue weighted by Crippen LogP contribution is -2.50. The zero-order valence-electron chi connectivity index (χ0n) is 7.34. The first-order chi connectivity index (χ1) is 6.16. The molecule has 2 rings (SSSR count).